The van der Waals surface area contributed by atoms with Crippen molar-refractivity contribution in [1.82, 2.24) is 9.97 Å². The van der Waals surface area contributed by atoms with Crippen LogP contribution < -0.4 is 10.5 Å². The summed E-state index contributed by atoms with van der Waals surface area (Å²) in [4.78, 5) is 7.36. The van der Waals surface area contributed by atoms with Crippen molar-refractivity contribution in [2.24, 2.45) is 0 Å². The summed E-state index contributed by atoms with van der Waals surface area (Å²) in [6.07, 6.45) is 2.37. The summed E-state index contributed by atoms with van der Waals surface area (Å²) in [6, 6.07) is 3.84. The Balaban J connectivity index is 2.41. The molecular weight excluding hydrogens is 276 g/mol. The molecule has 2 aromatic rings. The SMILES string of the molecule is Cc1cc(C)c(NS(=O)(=O)c2cnc(N)nc2)c(C)c1. The summed E-state index contributed by atoms with van der Waals surface area (Å²) in [5.41, 5.74) is 8.74. The maximum Gasteiger partial charge on any atom is 0.264 e. The van der Waals surface area contributed by atoms with E-state index in [9.17, 15) is 8.42 Å². The van der Waals surface area contributed by atoms with E-state index in [0.717, 1.165) is 16.7 Å². The highest BCUT2D eigenvalue weighted by molar-refractivity contribution is 7.92. The molecule has 0 spiro atoms. The van der Waals surface area contributed by atoms with Gasteiger partial charge in [-0.1, -0.05) is 17.7 Å². The Bertz CT molecular complexity index is 716. The molecule has 1 aromatic carbocycles. The van der Waals surface area contributed by atoms with Crippen LogP contribution in [0.2, 0.25) is 0 Å². The van der Waals surface area contributed by atoms with Gasteiger partial charge in [0.15, 0.2) is 0 Å². The third-order valence-corrected chi connectivity index (χ3v) is 4.18. The van der Waals surface area contributed by atoms with Gasteiger partial charge in [0.05, 0.1) is 18.1 Å². The van der Waals surface area contributed by atoms with Crippen LogP contribution in [0.25, 0.3) is 0 Å². The van der Waals surface area contributed by atoms with E-state index in [-0.39, 0.29) is 10.8 Å². The van der Waals surface area contributed by atoms with Crippen LogP contribution in [-0.2, 0) is 10.0 Å². The normalized spacial score (nSPS) is 11.3. The molecule has 0 bridgehead atoms. The molecule has 0 amide bonds. The first-order chi connectivity index (χ1) is 9.29. The number of aromatic nitrogens is 2. The van der Waals surface area contributed by atoms with Gasteiger partial charge in [-0.05, 0) is 31.9 Å². The number of rotatable bonds is 3. The molecule has 0 saturated heterocycles. The summed E-state index contributed by atoms with van der Waals surface area (Å²) < 4.78 is 27.1. The molecule has 6 nitrogen and oxygen atoms in total. The van der Waals surface area contributed by atoms with Crippen molar-refractivity contribution >= 4 is 21.7 Å². The number of nitrogens with one attached hydrogen (secondary N) is 1. The largest absolute Gasteiger partial charge is 0.368 e. The molecule has 20 heavy (non-hydrogen) atoms. The van der Waals surface area contributed by atoms with Gasteiger partial charge in [-0.2, -0.15) is 0 Å². The number of anilines is 2. The van der Waals surface area contributed by atoms with Gasteiger partial charge in [0, 0.05) is 0 Å². The molecule has 2 rings (SSSR count). The number of sulfonamides is 1. The summed E-state index contributed by atoms with van der Waals surface area (Å²) in [5, 5.41) is 0. The maximum atomic E-state index is 12.3. The summed E-state index contributed by atoms with van der Waals surface area (Å²) in [7, 11) is -3.72. The summed E-state index contributed by atoms with van der Waals surface area (Å²) in [6.45, 7) is 5.68. The second kappa shape index (κ2) is 5.09. The first-order valence-electron chi connectivity index (χ1n) is 5.98. The van der Waals surface area contributed by atoms with E-state index >= 15 is 0 Å². The fourth-order valence-corrected chi connectivity index (χ4v) is 3.09. The monoisotopic (exact) mass is 292 g/mol. The van der Waals surface area contributed by atoms with Crippen molar-refractivity contribution in [3.63, 3.8) is 0 Å². The molecule has 0 radical (unpaired) electrons. The van der Waals surface area contributed by atoms with Gasteiger partial charge in [0.25, 0.3) is 10.0 Å². The van der Waals surface area contributed by atoms with E-state index < -0.39 is 10.0 Å². The van der Waals surface area contributed by atoms with Crippen LogP contribution in [-0.4, -0.2) is 18.4 Å². The lowest BCUT2D eigenvalue weighted by atomic mass is 10.1. The van der Waals surface area contributed by atoms with Gasteiger partial charge < -0.3 is 5.73 Å². The van der Waals surface area contributed by atoms with Gasteiger partial charge in [0.1, 0.15) is 4.90 Å². The van der Waals surface area contributed by atoms with E-state index in [2.05, 4.69) is 14.7 Å². The zero-order valence-corrected chi connectivity index (χ0v) is 12.3. The molecule has 0 unspecified atom stereocenters. The zero-order valence-electron chi connectivity index (χ0n) is 11.5. The molecule has 0 saturated carbocycles. The van der Waals surface area contributed by atoms with E-state index in [0.29, 0.717) is 5.69 Å². The molecule has 0 aliphatic heterocycles. The Morgan fingerprint density at radius 2 is 1.55 bits per heavy atom. The van der Waals surface area contributed by atoms with Gasteiger partial charge >= 0.3 is 0 Å². The van der Waals surface area contributed by atoms with Crippen LogP contribution in [0.5, 0.6) is 0 Å². The van der Waals surface area contributed by atoms with Crippen LogP contribution in [0.1, 0.15) is 16.7 Å². The number of nitrogens with zero attached hydrogens (tertiary/aromatic N) is 2. The quantitative estimate of drug-likeness (QED) is 0.898. The fourth-order valence-electron chi connectivity index (χ4n) is 2.00. The highest BCUT2D eigenvalue weighted by atomic mass is 32.2. The highest BCUT2D eigenvalue weighted by Gasteiger charge is 2.17. The molecule has 0 fully saturated rings. The Morgan fingerprint density at radius 1 is 1.05 bits per heavy atom. The molecule has 0 aliphatic rings. The van der Waals surface area contributed by atoms with Crippen molar-refractivity contribution in [3.8, 4) is 0 Å². The van der Waals surface area contributed by atoms with Gasteiger partial charge in [-0.15, -0.1) is 0 Å². The second-order valence-electron chi connectivity index (χ2n) is 4.66. The third-order valence-electron chi connectivity index (χ3n) is 2.87. The molecule has 1 heterocycles. The van der Waals surface area contributed by atoms with Crippen molar-refractivity contribution in [2.75, 3.05) is 10.5 Å². The maximum absolute atomic E-state index is 12.3. The van der Waals surface area contributed by atoms with Crippen molar-refractivity contribution in [1.29, 1.82) is 0 Å². The average Bonchev–Trinajstić information content (AvgIpc) is 2.34. The number of nitrogens with two attached hydrogens (primary N) is 1. The number of aryl methyl sites for hydroxylation is 3. The van der Waals surface area contributed by atoms with Crippen molar-refractivity contribution in [3.05, 3.63) is 41.2 Å². The highest BCUT2D eigenvalue weighted by Crippen LogP contribution is 2.24. The molecule has 7 heteroatoms. The van der Waals surface area contributed by atoms with E-state index in [1.807, 2.05) is 32.9 Å². The number of hydrogen-bond donors (Lipinski definition) is 2. The molecule has 3 N–H and O–H groups in total. The van der Waals surface area contributed by atoms with Crippen LogP contribution in [0.4, 0.5) is 11.6 Å². The topological polar surface area (TPSA) is 98.0 Å². The molecular formula is C13H16N4O2S. The number of hydrogen-bond acceptors (Lipinski definition) is 5. The van der Waals surface area contributed by atoms with Crippen LogP contribution in [0.15, 0.2) is 29.4 Å². The molecule has 0 atom stereocenters. The van der Waals surface area contributed by atoms with Crippen molar-refractivity contribution < 1.29 is 8.42 Å². The molecule has 0 aliphatic carbocycles. The van der Waals surface area contributed by atoms with Crippen LogP contribution in [0.3, 0.4) is 0 Å². The molecule has 106 valence electrons. The fraction of sp³-hybridized carbons (Fsp3) is 0.231. The average molecular weight is 292 g/mol. The lowest BCUT2D eigenvalue weighted by Gasteiger charge is -2.14. The van der Waals surface area contributed by atoms with Gasteiger partial charge in [-0.25, -0.2) is 18.4 Å². The Hall–Kier alpha value is -2.15. The smallest absolute Gasteiger partial charge is 0.264 e. The Morgan fingerprint density at radius 3 is 2.05 bits per heavy atom. The molecule has 1 aromatic heterocycles. The number of nitrogen functional groups attached to an aromatic ring is 1. The number of benzene rings is 1. The minimum Gasteiger partial charge on any atom is -0.368 e. The van der Waals surface area contributed by atoms with E-state index in [4.69, 9.17) is 5.73 Å². The second-order valence-corrected chi connectivity index (χ2v) is 6.34. The van der Waals surface area contributed by atoms with E-state index in [1.165, 1.54) is 12.4 Å². The predicted molar refractivity (Wildman–Crippen MR) is 77.9 cm³/mol. The lowest BCUT2D eigenvalue weighted by Crippen LogP contribution is -2.15. The van der Waals surface area contributed by atoms with Crippen LogP contribution >= 0.6 is 0 Å². The first kappa shape index (κ1) is 14.3. The Kier molecular flexibility index (Phi) is 3.63. The van der Waals surface area contributed by atoms with Crippen LogP contribution in [0, 0.1) is 20.8 Å². The van der Waals surface area contributed by atoms with E-state index in [1.54, 1.807) is 0 Å². The third kappa shape index (κ3) is 2.88. The summed E-state index contributed by atoms with van der Waals surface area (Å²) in [5.74, 6) is 0.0339. The first-order valence-corrected chi connectivity index (χ1v) is 7.46. The summed E-state index contributed by atoms with van der Waals surface area (Å²) >= 11 is 0. The van der Waals surface area contributed by atoms with Gasteiger partial charge in [-0.3, -0.25) is 4.72 Å². The predicted octanol–water partition coefficient (Wildman–Crippen LogP) is 1.78. The van der Waals surface area contributed by atoms with Gasteiger partial charge in [0.2, 0.25) is 5.95 Å². The lowest BCUT2D eigenvalue weighted by molar-refractivity contribution is 0.600. The zero-order chi connectivity index (χ0) is 14.9. The Labute approximate surface area is 118 Å². The minimum absolute atomic E-state index is 0.0222. The standard InChI is InChI=1S/C13H16N4O2S/c1-8-4-9(2)12(10(3)5-8)17-20(18,19)11-6-15-13(14)16-7-11/h4-7,17H,1-3H3,(H2,14,15,16). The minimum atomic E-state index is -3.72. The van der Waals surface area contributed by atoms with Crippen molar-refractivity contribution in [2.45, 2.75) is 25.7 Å².